The van der Waals surface area contributed by atoms with Crippen LogP contribution in [0.5, 0.6) is 0 Å². The van der Waals surface area contributed by atoms with Gasteiger partial charge in [0.05, 0.1) is 6.54 Å². The first kappa shape index (κ1) is 17.7. The van der Waals surface area contributed by atoms with Gasteiger partial charge in [-0.2, -0.15) is 0 Å². The predicted octanol–water partition coefficient (Wildman–Crippen LogP) is 3.17. The van der Waals surface area contributed by atoms with Crippen molar-refractivity contribution in [1.82, 2.24) is 10.3 Å². The number of aliphatic imine (C=N–C) groups is 1. The Morgan fingerprint density at radius 3 is 2.84 bits per heavy atom. The fraction of sp³-hybridized carbons (Fsp3) is 0.474. The van der Waals surface area contributed by atoms with Crippen molar-refractivity contribution in [2.75, 3.05) is 24.5 Å². The van der Waals surface area contributed by atoms with Gasteiger partial charge < -0.3 is 16.0 Å². The molecule has 3 N–H and O–H groups in total. The Morgan fingerprint density at radius 2 is 2.08 bits per heavy atom. The van der Waals surface area contributed by atoms with Gasteiger partial charge in [0, 0.05) is 30.7 Å². The molecule has 1 saturated heterocycles. The molecule has 1 fully saturated rings. The molecule has 134 valence electrons. The van der Waals surface area contributed by atoms with E-state index in [4.69, 9.17) is 5.73 Å². The summed E-state index contributed by atoms with van der Waals surface area (Å²) < 4.78 is 0. The number of anilines is 1. The summed E-state index contributed by atoms with van der Waals surface area (Å²) in [7, 11) is 0. The number of rotatable bonds is 6. The van der Waals surface area contributed by atoms with Crippen LogP contribution in [0.1, 0.15) is 36.1 Å². The Bertz CT molecular complexity index is 660. The first-order valence-electron chi connectivity index (χ1n) is 9.07. The van der Waals surface area contributed by atoms with E-state index in [-0.39, 0.29) is 0 Å². The molecule has 0 bridgehead atoms. The van der Waals surface area contributed by atoms with E-state index in [1.54, 1.807) is 11.3 Å². The van der Waals surface area contributed by atoms with Crippen molar-refractivity contribution in [1.29, 1.82) is 0 Å². The molecule has 1 aliphatic rings. The smallest absolute Gasteiger partial charge is 0.188 e. The zero-order valence-electron chi connectivity index (χ0n) is 14.7. The molecule has 3 heterocycles. The number of hydrogen-bond acceptors (Lipinski definition) is 4. The lowest BCUT2D eigenvalue weighted by Gasteiger charge is -2.21. The lowest BCUT2D eigenvalue weighted by molar-refractivity contribution is 0.726. The Morgan fingerprint density at radius 1 is 1.24 bits per heavy atom. The normalized spacial score (nSPS) is 15.8. The molecule has 0 aliphatic carbocycles. The van der Waals surface area contributed by atoms with Crippen LogP contribution in [0.4, 0.5) is 5.82 Å². The van der Waals surface area contributed by atoms with Crippen LogP contribution in [0.25, 0.3) is 0 Å². The SMILES string of the molecule is NC(=NCc1ccnc(N2CCCCCC2)c1)NCCc1cccs1. The Kier molecular flexibility index (Phi) is 6.68. The topological polar surface area (TPSA) is 66.5 Å². The zero-order chi connectivity index (χ0) is 17.3. The third-order valence-corrected chi connectivity index (χ3v) is 5.37. The van der Waals surface area contributed by atoms with Crippen LogP contribution in [0.2, 0.25) is 0 Å². The highest BCUT2D eigenvalue weighted by Crippen LogP contribution is 2.18. The van der Waals surface area contributed by atoms with Gasteiger partial charge in [0.1, 0.15) is 5.82 Å². The number of aromatic nitrogens is 1. The minimum absolute atomic E-state index is 0.504. The maximum Gasteiger partial charge on any atom is 0.188 e. The highest BCUT2D eigenvalue weighted by Gasteiger charge is 2.11. The molecule has 25 heavy (non-hydrogen) atoms. The summed E-state index contributed by atoms with van der Waals surface area (Å²) in [5, 5.41) is 5.28. The Hall–Kier alpha value is -2.08. The molecule has 0 aromatic carbocycles. The van der Waals surface area contributed by atoms with Crippen LogP contribution in [-0.4, -0.2) is 30.6 Å². The summed E-state index contributed by atoms with van der Waals surface area (Å²) >= 11 is 1.77. The number of nitrogens with one attached hydrogen (secondary N) is 1. The van der Waals surface area contributed by atoms with Gasteiger partial charge in [0.2, 0.25) is 0 Å². The van der Waals surface area contributed by atoms with Gasteiger partial charge in [-0.3, -0.25) is 0 Å². The standard InChI is InChI=1S/C19H27N5S/c20-19(22-10-8-17-6-5-13-25-17)23-15-16-7-9-21-18(14-16)24-11-3-1-2-4-12-24/h5-7,9,13-14H,1-4,8,10-12,15H2,(H3,20,22,23). The minimum atomic E-state index is 0.504. The van der Waals surface area contributed by atoms with Crippen molar-refractivity contribution >= 4 is 23.1 Å². The molecule has 0 spiro atoms. The zero-order valence-corrected chi connectivity index (χ0v) is 15.5. The maximum absolute atomic E-state index is 5.98. The van der Waals surface area contributed by atoms with E-state index in [0.29, 0.717) is 12.5 Å². The first-order chi connectivity index (χ1) is 12.3. The highest BCUT2D eigenvalue weighted by atomic mass is 32.1. The van der Waals surface area contributed by atoms with Crippen molar-refractivity contribution in [3.8, 4) is 0 Å². The second kappa shape index (κ2) is 9.42. The lowest BCUT2D eigenvalue weighted by Crippen LogP contribution is -2.33. The molecule has 0 radical (unpaired) electrons. The second-order valence-electron chi connectivity index (χ2n) is 6.38. The summed E-state index contributed by atoms with van der Waals surface area (Å²) in [6, 6.07) is 8.38. The summed E-state index contributed by atoms with van der Waals surface area (Å²) in [4.78, 5) is 12.7. The quantitative estimate of drug-likeness (QED) is 0.615. The molecule has 2 aromatic heterocycles. The van der Waals surface area contributed by atoms with Crippen molar-refractivity contribution in [3.63, 3.8) is 0 Å². The number of hydrogen-bond donors (Lipinski definition) is 2. The summed E-state index contributed by atoms with van der Waals surface area (Å²) in [5.41, 5.74) is 7.13. The monoisotopic (exact) mass is 357 g/mol. The van der Waals surface area contributed by atoms with E-state index in [9.17, 15) is 0 Å². The fourth-order valence-corrected chi connectivity index (χ4v) is 3.74. The number of pyridine rings is 1. The van der Waals surface area contributed by atoms with Crippen molar-refractivity contribution in [2.45, 2.75) is 38.6 Å². The van der Waals surface area contributed by atoms with Crippen LogP contribution >= 0.6 is 11.3 Å². The largest absolute Gasteiger partial charge is 0.370 e. The molecular formula is C19H27N5S. The number of guanidine groups is 1. The average molecular weight is 358 g/mol. The van der Waals surface area contributed by atoms with Crippen LogP contribution in [0.15, 0.2) is 40.8 Å². The van der Waals surface area contributed by atoms with Gasteiger partial charge >= 0.3 is 0 Å². The second-order valence-corrected chi connectivity index (χ2v) is 7.41. The predicted molar refractivity (Wildman–Crippen MR) is 106 cm³/mol. The van der Waals surface area contributed by atoms with E-state index >= 15 is 0 Å². The maximum atomic E-state index is 5.98. The molecule has 3 rings (SSSR count). The van der Waals surface area contributed by atoms with Gasteiger partial charge in [0.25, 0.3) is 0 Å². The summed E-state index contributed by atoms with van der Waals surface area (Å²) in [5.74, 6) is 1.57. The fourth-order valence-electron chi connectivity index (χ4n) is 3.03. The summed E-state index contributed by atoms with van der Waals surface area (Å²) in [6.45, 7) is 3.60. The molecule has 0 atom stereocenters. The Balaban J connectivity index is 1.50. The third kappa shape index (κ3) is 5.74. The van der Waals surface area contributed by atoms with Gasteiger partial charge in [-0.25, -0.2) is 9.98 Å². The molecule has 2 aromatic rings. The first-order valence-corrected chi connectivity index (χ1v) is 9.95. The van der Waals surface area contributed by atoms with Gasteiger partial charge in [-0.05, 0) is 48.4 Å². The number of nitrogens with zero attached hydrogens (tertiary/aromatic N) is 3. The Labute approximate surface area is 154 Å². The molecule has 0 unspecified atom stereocenters. The van der Waals surface area contributed by atoms with Gasteiger partial charge in [-0.1, -0.05) is 18.9 Å². The lowest BCUT2D eigenvalue weighted by atomic mass is 10.2. The molecule has 6 heteroatoms. The number of thiophene rings is 1. The molecule has 5 nitrogen and oxygen atoms in total. The van der Waals surface area contributed by atoms with Crippen molar-refractivity contribution in [3.05, 3.63) is 46.3 Å². The minimum Gasteiger partial charge on any atom is -0.370 e. The highest BCUT2D eigenvalue weighted by molar-refractivity contribution is 7.09. The van der Waals surface area contributed by atoms with Crippen LogP contribution in [-0.2, 0) is 13.0 Å². The van der Waals surface area contributed by atoms with E-state index < -0.39 is 0 Å². The average Bonchev–Trinajstić information content (AvgIpc) is 3.00. The van der Waals surface area contributed by atoms with Crippen LogP contribution in [0.3, 0.4) is 0 Å². The van der Waals surface area contributed by atoms with Crippen LogP contribution in [0, 0.1) is 0 Å². The van der Waals surface area contributed by atoms with E-state index in [2.05, 4.69) is 43.8 Å². The third-order valence-electron chi connectivity index (χ3n) is 4.43. The van der Waals surface area contributed by atoms with Crippen molar-refractivity contribution in [2.24, 2.45) is 10.7 Å². The molecule has 0 saturated carbocycles. The van der Waals surface area contributed by atoms with Crippen LogP contribution < -0.4 is 16.0 Å². The van der Waals surface area contributed by atoms with E-state index in [1.165, 1.54) is 30.6 Å². The number of nitrogens with two attached hydrogens (primary N) is 1. The molecular weight excluding hydrogens is 330 g/mol. The summed E-state index contributed by atoms with van der Waals surface area (Å²) in [6.07, 6.45) is 8.02. The van der Waals surface area contributed by atoms with E-state index in [0.717, 1.165) is 37.4 Å². The molecule has 1 aliphatic heterocycles. The van der Waals surface area contributed by atoms with Crippen molar-refractivity contribution < 1.29 is 0 Å². The van der Waals surface area contributed by atoms with E-state index in [1.807, 2.05) is 12.3 Å². The van der Waals surface area contributed by atoms with Gasteiger partial charge in [-0.15, -0.1) is 11.3 Å². The van der Waals surface area contributed by atoms with Gasteiger partial charge in [0.15, 0.2) is 5.96 Å². The molecule has 0 amide bonds.